The van der Waals surface area contributed by atoms with E-state index in [0.29, 0.717) is 6.04 Å². The first-order valence-corrected chi connectivity index (χ1v) is 12.0. The second kappa shape index (κ2) is 10.0. The molecule has 0 saturated carbocycles. The van der Waals surface area contributed by atoms with Gasteiger partial charge in [-0.1, -0.05) is 29.8 Å². The number of nitrogens with zero attached hydrogens (tertiary/aromatic N) is 2. The quantitative estimate of drug-likeness (QED) is 0.531. The number of rotatable bonds is 5. The second-order valence-electron chi connectivity index (χ2n) is 8.16. The first-order chi connectivity index (χ1) is 14.7. The molecule has 0 bridgehead atoms. The number of ether oxygens (including phenoxy) is 1. The predicted molar refractivity (Wildman–Crippen MR) is 127 cm³/mol. The van der Waals surface area contributed by atoms with Crippen molar-refractivity contribution in [2.45, 2.75) is 37.1 Å². The van der Waals surface area contributed by atoms with Crippen molar-refractivity contribution in [2.75, 3.05) is 44.8 Å². The van der Waals surface area contributed by atoms with Gasteiger partial charge in [0.05, 0.1) is 5.00 Å². The van der Waals surface area contributed by atoms with E-state index in [4.69, 9.17) is 16.3 Å². The topological polar surface area (TPSA) is 48.9 Å². The van der Waals surface area contributed by atoms with Crippen LogP contribution < -0.4 is 15.5 Å². The van der Waals surface area contributed by atoms with Crippen LogP contribution in [0.5, 0.6) is 0 Å². The molecule has 2 aliphatic rings. The van der Waals surface area contributed by atoms with Gasteiger partial charge < -0.3 is 20.3 Å². The lowest BCUT2D eigenvalue weighted by atomic mass is 9.74. The molecule has 2 N–H and O–H groups in total. The molecule has 2 aromatic rings. The van der Waals surface area contributed by atoms with E-state index in [1.807, 2.05) is 30.5 Å². The first kappa shape index (κ1) is 21.5. The summed E-state index contributed by atoms with van der Waals surface area (Å²) in [4.78, 5) is 6.98. The number of guanidine groups is 1. The fourth-order valence-corrected chi connectivity index (χ4v) is 5.65. The third-order valence-electron chi connectivity index (χ3n) is 6.37. The summed E-state index contributed by atoms with van der Waals surface area (Å²) < 4.78 is 5.66. The molecular formula is C23H31ClN4OS. The molecule has 1 aromatic heterocycles. The van der Waals surface area contributed by atoms with Gasteiger partial charge in [-0.2, -0.15) is 0 Å². The van der Waals surface area contributed by atoms with Crippen molar-refractivity contribution in [3.05, 3.63) is 52.4 Å². The molecule has 1 aromatic carbocycles. The van der Waals surface area contributed by atoms with Crippen LogP contribution in [0.4, 0.5) is 5.00 Å². The Kier molecular flexibility index (Phi) is 7.18. The summed E-state index contributed by atoms with van der Waals surface area (Å²) >= 11 is 8.41. The van der Waals surface area contributed by atoms with Crippen molar-refractivity contribution >= 4 is 33.9 Å². The second-order valence-corrected chi connectivity index (χ2v) is 9.49. The summed E-state index contributed by atoms with van der Waals surface area (Å²) in [7, 11) is 1.85. The Morgan fingerprint density at radius 1 is 1.20 bits per heavy atom. The highest BCUT2D eigenvalue weighted by molar-refractivity contribution is 7.14. The van der Waals surface area contributed by atoms with Crippen molar-refractivity contribution in [3.63, 3.8) is 0 Å². The number of thiophene rings is 1. The van der Waals surface area contributed by atoms with Gasteiger partial charge in [0.25, 0.3) is 0 Å². The van der Waals surface area contributed by atoms with E-state index in [1.165, 1.54) is 10.6 Å². The minimum absolute atomic E-state index is 0.0310. The smallest absolute Gasteiger partial charge is 0.191 e. The Morgan fingerprint density at radius 3 is 2.63 bits per heavy atom. The van der Waals surface area contributed by atoms with Gasteiger partial charge in [-0.15, -0.1) is 11.3 Å². The average Bonchev–Trinajstić information content (AvgIpc) is 3.33. The Labute approximate surface area is 188 Å². The number of halogens is 1. The number of aliphatic imine (C=N–C) groups is 1. The lowest BCUT2D eigenvalue weighted by Gasteiger charge is -2.39. The molecule has 3 heterocycles. The molecule has 0 atom stereocenters. The van der Waals surface area contributed by atoms with Crippen LogP contribution in [0.3, 0.4) is 0 Å². The maximum absolute atomic E-state index is 6.59. The maximum Gasteiger partial charge on any atom is 0.191 e. The fraction of sp³-hybridized carbons (Fsp3) is 0.522. The minimum atomic E-state index is -0.0310. The van der Waals surface area contributed by atoms with Crippen LogP contribution in [-0.2, 0) is 10.2 Å². The number of hydrogen-bond donors (Lipinski definition) is 2. The van der Waals surface area contributed by atoms with E-state index < -0.39 is 0 Å². The molecule has 2 aliphatic heterocycles. The van der Waals surface area contributed by atoms with Gasteiger partial charge in [0.1, 0.15) is 0 Å². The Morgan fingerprint density at radius 2 is 1.97 bits per heavy atom. The van der Waals surface area contributed by atoms with Gasteiger partial charge >= 0.3 is 0 Å². The standard InChI is InChI=1S/C23H31ClN4OS/c1-25-22(27-18-8-12-28(13-9-18)21-7-4-16-30-21)26-17-23(10-14-29-15-11-23)19-5-2-3-6-20(19)24/h2-7,16,18H,8-15,17H2,1H3,(H2,25,26,27). The van der Waals surface area contributed by atoms with Gasteiger partial charge in [0.15, 0.2) is 5.96 Å². The number of piperidine rings is 1. The van der Waals surface area contributed by atoms with Crippen LogP contribution in [0.25, 0.3) is 0 Å². The molecule has 5 nitrogen and oxygen atoms in total. The highest BCUT2D eigenvalue weighted by Crippen LogP contribution is 2.38. The molecule has 2 saturated heterocycles. The summed E-state index contributed by atoms with van der Waals surface area (Å²) in [6.45, 7) is 4.49. The molecule has 0 unspecified atom stereocenters. The third-order valence-corrected chi connectivity index (χ3v) is 7.63. The zero-order valence-electron chi connectivity index (χ0n) is 17.6. The van der Waals surface area contributed by atoms with E-state index >= 15 is 0 Å². The Hall–Kier alpha value is -1.76. The largest absolute Gasteiger partial charge is 0.381 e. The molecule has 7 heteroatoms. The summed E-state index contributed by atoms with van der Waals surface area (Å²) in [6.07, 6.45) is 4.14. The molecular weight excluding hydrogens is 416 g/mol. The monoisotopic (exact) mass is 446 g/mol. The van der Waals surface area contributed by atoms with Crippen molar-refractivity contribution < 1.29 is 4.74 Å². The van der Waals surface area contributed by atoms with Crippen LogP contribution in [0.2, 0.25) is 5.02 Å². The zero-order chi connectivity index (χ0) is 20.8. The SMILES string of the molecule is CN=C(NCC1(c2ccccc2Cl)CCOCC1)NC1CCN(c2cccs2)CC1. The normalized spacial score (nSPS) is 20.2. The molecule has 30 heavy (non-hydrogen) atoms. The van der Waals surface area contributed by atoms with Crippen molar-refractivity contribution in [1.82, 2.24) is 10.6 Å². The molecule has 4 rings (SSSR count). The number of anilines is 1. The molecule has 0 aliphatic carbocycles. The van der Waals surface area contributed by atoms with Crippen LogP contribution >= 0.6 is 22.9 Å². The Balaban J connectivity index is 1.36. The van der Waals surface area contributed by atoms with Crippen molar-refractivity contribution in [2.24, 2.45) is 4.99 Å². The predicted octanol–water partition coefficient (Wildman–Crippen LogP) is 4.28. The lowest BCUT2D eigenvalue weighted by Crippen LogP contribution is -2.52. The van der Waals surface area contributed by atoms with Crippen LogP contribution in [0.1, 0.15) is 31.2 Å². The molecule has 162 valence electrons. The van der Waals surface area contributed by atoms with Gasteiger partial charge in [0.2, 0.25) is 0 Å². The van der Waals surface area contributed by atoms with Gasteiger partial charge in [-0.25, -0.2) is 0 Å². The molecule has 0 radical (unpaired) electrons. The van der Waals surface area contributed by atoms with E-state index in [2.05, 4.69) is 50.2 Å². The van der Waals surface area contributed by atoms with Crippen LogP contribution in [0, 0.1) is 0 Å². The number of benzene rings is 1. The van der Waals surface area contributed by atoms with Gasteiger partial charge in [0, 0.05) is 56.4 Å². The Bertz CT molecular complexity index is 827. The van der Waals surface area contributed by atoms with E-state index in [-0.39, 0.29) is 5.41 Å². The van der Waals surface area contributed by atoms with Crippen molar-refractivity contribution in [3.8, 4) is 0 Å². The van der Waals surface area contributed by atoms with Gasteiger partial charge in [-0.3, -0.25) is 4.99 Å². The zero-order valence-corrected chi connectivity index (χ0v) is 19.1. The highest BCUT2D eigenvalue weighted by Gasteiger charge is 2.36. The van der Waals surface area contributed by atoms with Crippen LogP contribution in [-0.4, -0.2) is 51.9 Å². The summed E-state index contributed by atoms with van der Waals surface area (Å²) in [5.41, 5.74) is 1.18. The first-order valence-electron chi connectivity index (χ1n) is 10.8. The van der Waals surface area contributed by atoms with E-state index in [0.717, 1.165) is 69.5 Å². The summed E-state index contributed by atoms with van der Waals surface area (Å²) in [5, 5.41) is 11.6. The van der Waals surface area contributed by atoms with E-state index in [1.54, 1.807) is 0 Å². The molecule has 0 spiro atoms. The van der Waals surface area contributed by atoms with Crippen molar-refractivity contribution in [1.29, 1.82) is 0 Å². The summed E-state index contributed by atoms with van der Waals surface area (Å²) in [5.74, 6) is 0.877. The number of nitrogens with one attached hydrogen (secondary N) is 2. The van der Waals surface area contributed by atoms with E-state index in [9.17, 15) is 0 Å². The van der Waals surface area contributed by atoms with Gasteiger partial charge in [-0.05, 0) is 54.8 Å². The molecule has 2 fully saturated rings. The lowest BCUT2D eigenvalue weighted by molar-refractivity contribution is 0.0514. The average molecular weight is 447 g/mol. The minimum Gasteiger partial charge on any atom is -0.381 e. The maximum atomic E-state index is 6.59. The molecule has 0 amide bonds. The number of hydrogen-bond acceptors (Lipinski definition) is 4. The highest BCUT2D eigenvalue weighted by atomic mass is 35.5. The van der Waals surface area contributed by atoms with Crippen LogP contribution in [0.15, 0.2) is 46.8 Å². The fourth-order valence-electron chi connectivity index (χ4n) is 4.53. The summed E-state index contributed by atoms with van der Waals surface area (Å²) in [6, 6.07) is 13.0. The third kappa shape index (κ3) is 4.93.